The van der Waals surface area contributed by atoms with Crippen LogP contribution in [0.4, 0.5) is 105 Å². The van der Waals surface area contributed by atoms with Crippen LogP contribution in [0.3, 0.4) is 0 Å². The van der Waals surface area contributed by atoms with Crippen LogP contribution >= 0.6 is 0 Å². The van der Waals surface area contributed by atoms with Gasteiger partial charge in [-0.05, 0) is 146 Å². The number of carboxylic acid groups (broad SMARTS) is 4. The molecule has 0 saturated carbocycles. The molecular formula is C64H40F24O12. The molecule has 36 heteroatoms. The van der Waals surface area contributed by atoms with Crippen LogP contribution < -0.4 is 18.9 Å². The summed E-state index contributed by atoms with van der Waals surface area (Å²) in [5, 5.41) is 36.7. The molecule has 4 unspecified atom stereocenters. The van der Waals surface area contributed by atoms with Gasteiger partial charge in [-0.25, -0.2) is 19.2 Å². The zero-order valence-electron chi connectivity index (χ0n) is 48.9. The second-order valence-electron chi connectivity index (χ2n) is 19.9. The van der Waals surface area contributed by atoms with Gasteiger partial charge in [0, 0.05) is 22.3 Å². The Kier molecular flexibility index (Phi) is 25.4. The Morgan fingerprint density at radius 3 is 0.390 bits per heavy atom. The summed E-state index contributed by atoms with van der Waals surface area (Å²) in [5.41, 5.74) is -7.96. The Hall–Kier alpha value is -10.8. The lowest BCUT2D eigenvalue weighted by Crippen LogP contribution is -2.18. The highest BCUT2D eigenvalue weighted by Crippen LogP contribution is 2.39. The second-order valence-corrected chi connectivity index (χ2v) is 19.9. The minimum Gasteiger partial charge on any atom is -0.478 e. The van der Waals surface area contributed by atoms with Gasteiger partial charge < -0.3 is 39.4 Å². The average Bonchev–Trinajstić information content (AvgIpc) is 0.837. The van der Waals surface area contributed by atoms with Crippen LogP contribution in [-0.2, 0) is 68.6 Å². The largest absolute Gasteiger partial charge is 0.478 e. The number of rotatable bonds is 16. The van der Waals surface area contributed by atoms with Crippen molar-refractivity contribution in [2.45, 2.75) is 73.8 Å². The second kappa shape index (κ2) is 31.8. The lowest BCUT2D eigenvalue weighted by molar-refractivity contribution is -0.146. The van der Waals surface area contributed by atoms with E-state index in [1.807, 2.05) is 0 Å². The van der Waals surface area contributed by atoms with Crippen molar-refractivity contribution in [3.63, 3.8) is 0 Å². The topological polar surface area (TPSA) is 186 Å². The van der Waals surface area contributed by atoms with Crippen molar-refractivity contribution < 1.29 is 164 Å². The molecule has 12 nitrogen and oxygen atoms in total. The van der Waals surface area contributed by atoms with E-state index in [0.29, 0.717) is 97.1 Å². The van der Waals surface area contributed by atoms with Crippen LogP contribution in [-0.4, -0.2) is 44.3 Å². The van der Waals surface area contributed by atoms with Crippen molar-refractivity contribution >= 4 is 23.9 Å². The van der Waals surface area contributed by atoms with E-state index in [0.717, 1.165) is 97.1 Å². The van der Waals surface area contributed by atoms with Crippen LogP contribution in [0.15, 0.2) is 194 Å². The molecule has 0 bridgehead atoms. The summed E-state index contributed by atoms with van der Waals surface area (Å²) in [6.45, 7) is 0. The number of carboxylic acids is 4. The molecule has 0 fully saturated rings. The zero-order chi connectivity index (χ0) is 75.3. The molecule has 4 N–H and O–H groups in total. The number of hydrogen-bond acceptors (Lipinski definition) is 8. The van der Waals surface area contributed by atoms with E-state index in [1.165, 1.54) is 0 Å². The number of ether oxygens (including phenoxy) is 4. The summed E-state index contributed by atoms with van der Waals surface area (Å²) in [4.78, 5) is 45.1. The van der Waals surface area contributed by atoms with Gasteiger partial charge >= 0.3 is 73.3 Å². The Balaban J connectivity index is 0.000000240. The quantitative estimate of drug-likeness (QED) is 0.0672. The molecule has 4 atom stereocenters. The SMILES string of the molecule is O=C(O)C(Oc1ccc(C(F)(F)F)cc1)c1ccc(C(F)(F)F)cc1.O=C(O)C(Oc1ccc(C(F)(F)F)cc1)c1ccc(C(F)(F)F)cc1.O=C(O)C(Oc1ccc(C(F)(F)F)cc1)c1ccc(C(F)(F)F)cc1.O=C(O)C(Oc1ccc(C(F)(F)F)cc1)c1ccc(C(F)(F)F)cc1. The van der Waals surface area contributed by atoms with Gasteiger partial charge in [-0.2, -0.15) is 105 Å². The number of benzene rings is 8. The maximum Gasteiger partial charge on any atom is 0.416 e. The molecule has 536 valence electrons. The number of aliphatic carboxylic acids is 4. The number of halogens is 24. The average molecular weight is 1460 g/mol. The molecule has 0 aliphatic heterocycles. The Bertz CT molecular complexity index is 3450. The van der Waals surface area contributed by atoms with Crippen molar-refractivity contribution in [1.29, 1.82) is 0 Å². The van der Waals surface area contributed by atoms with E-state index in [2.05, 4.69) is 0 Å². The lowest BCUT2D eigenvalue weighted by atomic mass is 10.1. The first-order valence-corrected chi connectivity index (χ1v) is 26.9. The molecule has 8 aromatic carbocycles. The van der Waals surface area contributed by atoms with E-state index < -0.39 is 142 Å². The number of hydrogen-bond donors (Lipinski definition) is 4. The van der Waals surface area contributed by atoms with Crippen molar-refractivity contribution in [3.05, 3.63) is 261 Å². The minimum atomic E-state index is -4.58. The standard InChI is InChI=1S/4C16H10F6O3/c4*17-15(18,19)10-3-1-9(2-4-10)13(14(23)24)25-12-7-5-11(6-8-12)16(20,21)22/h4*1-8,13H,(H,23,24). The third-order valence-electron chi connectivity index (χ3n) is 12.8. The van der Waals surface area contributed by atoms with Gasteiger partial charge in [-0.1, -0.05) is 48.5 Å². The van der Waals surface area contributed by atoms with Crippen LogP contribution in [0.25, 0.3) is 0 Å². The van der Waals surface area contributed by atoms with Gasteiger partial charge in [0.15, 0.2) is 0 Å². The first-order valence-electron chi connectivity index (χ1n) is 26.9. The molecule has 0 heterocycles. The van der Waals surface area contributed by atoms with E-state index in [1.54, 1.807) is 0 Å². The molecule has 100 heavy (non-hydrogen) atoms. The number of alkyl halides is 24. The summed E-state index contributed by atoms with van der Waals surface area (Å²) in [6, 6.07) is 26.2. The molecule has 0 amide bonds. The molecule has 8 aromatic rings. The predicted molar refractivity (Wildman–Crippen MR) is 296 cm³/mol. The van der Waals surface area contributed by atoms with Gasteiger partial charge in [0.25, 0.3) is 0 Å². The van der Waals surface area contributed by atoms with Gasteiger partial charge in [0.1, 0.15) is 23.0 Å². The number of carbonyl (C=O) groups is 4. The summed E-state index contributed by atoms with van der Waals surface area (Å²) in [6.07, 6.45) is -43.2. The molecule has 0 saturated heterocycles. The van der Waals surface area contributed by atoms with Crippen LogP contribution in [0.1, 0.15) is 91.2 Å². The molecule has 0 aliphatic rings. The Labute approximate surface area is 544 Å². The van der Waals surface area contributed by atoms with Crippen LogP contribution in [0, 0.1) is 0 Å². The molecule has 0 spiro atoms. The highest BCUT2D eigenvalue weighted by atomic mass is 19.4. The normalized spacial score (nSPS) is 13.4. The molecule has 0 radical (unpaired) electrons. The highest BCUT2D eigenvalue weighted by molar-refractivity contribution is 5.76. The fourth-order valence-corrected chi connectivity index (χ4v) is 7.87. The van der Waals surface area contributed by atoms with E-state index in [9.17, 15) is 145 Å². The van der Waals surface area contributed by atoms with Crippen molar-refractivity contribution in [2.24, 2.45) is 0 Å². The summed E-state index contributed by atoms with van der Waals surface area (Å²) in [7, 11) is 0. The zero-order valence-corrected chi connectivity index (χ0v) is 48.9. The van der Waals surface area contributed by atoms with Gasteiger partial charge in [0.2, 0.25) is 24.4 Å². The predicted octanol–water partition coefficient (Wildman–Crippen LogP) is 19.7. The highest BCUT2D eigenvalue weighted by Gasteiger charge is 2.38. The third kappa shape index (κ3) is 23.7. The van der Waals surface area contributed by atoms with Gasteiger partial charge in [0.05, 0.1) is 44.5 Å². The molecule has 0 aliphatic carbocycles. The van der Waals surface area contributed by atoms with Crippen molar-refractivity contribution in [2.75, 3.05) is 0 Å². The first kappa shape index (κ1) is 79.8. The van der Waals surface area contributed by atoms with Gasteiger partial charge in [-0.15, -0.1) is 0 Å². The maximum absolute atomic E-state index is 12.5. The Morgan fingerprint density at radius 1 is 0.200 bits per heavy atom. The summed E-state index contributed by atoms with van der Waals surface area (Å²) < 4.78 is 320. The lowest BCUT2D eigenvalue weighted by Gasteiger charge is -2.17. The Morgan fingerprint density at radius 2 is 0.300 bits per heavy atom. The fraction of sp³-hybridized carbons (Fsp3) is 0.188. The maximum atomic E-state index is 12.5. The van der Waals surface area contributed by atoms with Crippen molar-refractivity contribution in [3.8, 4) is 23.0 Å². The third-order valence-corrected chi connectivity index (χ3v) is 12.8. The molecular weight excluding hydrogens is 1420 g/mol. The monoisotopic (exact) mass is 1460 g/mol. The summed E-state index contributed by atoms with van der Waals surface area (Å²) >= 11 is 0. The van der Waals surface area contributed by atoms with Crippen LogP contribution in [0.2, 0.25) is 0 Å². The summed E-state index contributed by atoms with van der Waals surface area (Å²) in [5.74, 6) is -6.67. The smallest absolute Gasteiger partial charge is 0.416 e. The van der Waals surface area contributed by atoms with E-state index >= 15 is 0 Å². The molecule has 8 rings (SSSR count). The molecule has 0 aromatic heterocycles. The first-order chi connectivity index (χ1) is 45.9. The fourth-order valence-electron chi connectivity index (χ4n) is 7.87. The van der Waals surface area contributed by atoms with E-state index in [-0.39, 0.29) is 45.3 Å². The van der Waals surface area contributed by atoms with Crippen LogP contribution in [0.5, 0.6) is 23.0 Å². The van der Waals surface area contributed by atoms with E-state index in [4.69, 9.17) is 18.9 Å². The minimum absolute atomic E-state index is 0.0830. The van der Waals surface area contributed by atoms with Gasteiger partial charge in [-0.3, -0.25) is 0 Å². The van der Waals surface area contributed by atoms with Crippen molar-refractivity contribution in [1.82, 2.24) is 0 Å².